The van der Waals surface area contributed by atoms with Gasteiger partial charge in [-0.1, -0.05) is 29.8 Å². The van der Waals surface area contributed by atoms with Gasteiger partial charge in [0.05, 0.1) is 26.3 Å². The molecule has 2 heterocycles. The van der Waals surface area contributed by atoms with Gasteiger partial charge in [-0.25, -0.2) is 9.78 Å². The zero-order chi connectivity index (χ0) is 30.7. The molecule has 1 aliphatic rings. The van der Waals surface area contributed by atoms with Crippen LogP contribution in [0.1, 0.15) is 30.4 Å². The van der Waals surface area contributed by atoms with Crippen LogP contribution in [0, 0.1) is 0 Å². The molecule has 4 N–H and O–H groups in total. The highest BCUT2D eigenvalue weighted by Crippen LogP contribution is 2.37. The van der Waals surface area contributed by atoms with E-state index in [2.05, 4.69) is 20.5 Å². The normalized spacial score (nSPS) is 12.0. The maximum atomic E-state index is 10.3. The van der Waals surface area contributed by atoms with Crippen molar-refractivity contribution in [2.75, 3.05) is 20.4 Å². The summed E-state index contributed by atoms with van der Waals surface area (Å²) < 4.78 is 18.6. The number of imidazole rings is 1. The third kappa shape index (κ3) is 9.36. The molecule has 0 radical (unpaired) electrons. The number of para-hydroxylation sites is 1. The van der Waals surface area contributed by atoms with Gasteiger partial charge >= 0.3 is 17.9 Å². The Hall–Kier alpha value is -4.33. The number of benzene rings is 2. The Labute approximate surface area is 246 Å². The van der Waals surface area contributed by atoms with E-state index in [0.717, 1.165) is 48.7 Å². The number of halogens is 1. The van der Waals surface area contributed by atoms with Gasteiger partial charge in [-0.2, -0.15) is 0 Å². The largest absolute Gasteiger partial charge is 0.496 e. The molecule has 0 saturated heterocycles. The zero-order valence-corrected chi connectivity index (χ0v) is 23.6. The number of nitrogens with zero attached hydrogens (tertiary/aromatic N) is 3. The Morgan fingerprint density at radius 1 is 1.05 bits per heavy atom. The average Bonchev–Trinajstić information content (AvgIpc) is 3.60. The van der Waals surface area contributed by atoms with E-state index in [1.54, 1.807) is 13.3 Å². The molecule has 226 valence electrons. The van der Waals surface area contributed by atoms with E-state index in [9.17, 15) is 14.4 Å². The first kappa shape index (κ1) is 32.2. The molecule has 13 nitrogen and oxygen atoms in total. The van der Waals surface area contributed by atoms with Crippen LogP contribution in [0.4, 0.5) is 0 Å². The molecule has 14 heteroatoms. The van der Waals surface area contributed by atoms with Gasteiger partial charge in [-0.05, 0) is 24.1 Å². The maximum Gasteiger partial charge on any atom is 0.336 e. The van der Waals surface area contributed by atoms with E-state index in [1.165, 1.54) is 0 Å². The number of carboxylic acids is 3. The fourth-order valence-electron chi connectivity index (χ4n) is 4.22. The summed E-state index contributed by atoms with van der Waals surface area (Å²) in [6.07, 6.45) is 4.34. The summed E-state index contributed by atoms with van der Waals surface area (Å²) >= 11 is 6.53. The van der Waals surface area contributed by atoms with Crippen molar-refractivity contribution < 1.29 is 49.0 Å². The number of aromatic nitrogens is 2. The predicted octanol–water partition coefficient (Wildman–Crippen LogP) is 3.12. The topological polar surface area (TPSA) is 181 Å². The minimum Gasteiger partial charge on any atom is -0.496 e. The molecule has 0 spiro atoms. The molecular weight excluding hydrogens is 574 g/mol. The van der Waals surface area contributed by atoms with E-state index in [4.69, 9.17) is 46.2 Å². The number of carboxylic acid groups (broad SMARTS) is 3. The van der Waals surface area contributed by atoms with Gasteiger partial charge in [-0.3, -0.25) is 14.5 Å². The van der Waals surface area contributed by atoms with Crippen molar-refractivity contribution in [2.24, 2.45) is 0 Å². The average molecular weight is 606 g/mol. The van der Waals surface area contributed by atoms with Crippen LogP contribution in [-0.2, 0) is 34.0 Å². The number of rotatable bonds is 14. The number of carbonyl (C=O) groups is 3. The molecular formula is C28H32ClN3O10. The molecule has 42 heavy (non-hydrogen) atoms. The van der Waals surface area contributed by atoms with E-state index >= 15 is 0 Å². The van der Waals surface area contributed by atoms with Gasteiger partial charge in [0.1, 0.15) is 5.75 Å². The quantitative estimate of drug-likeness (QED) is 0.211. The van der Waals surface area contributed by atoms with Crippen molar-refractivity contribution in [1.29, 1.82) is 0 Å². The lowest BCUT2D eigenvalue weighted by Crippen LogP contribution is -2.42. The second kappa shape index (κ2) is 15.1. The third-order valence-electron chi connectivity index (χ3n) is 6.26. The molecule has 2 aromatic carbocycles. The van der Waals surface area contributed by atoms with Gasteiger partial charge in [0.15, 0.2) is 17.1 Å². The zero-order valence-electron chi connectivity index (χ0n) is 22.8. The van der Waals surface area contributed by atoms with E-state index < -0.39 is 36.4 Å². The Kier molecular flexibility index (Phi) is 11.5. The smallest absolute Gasteiger partial charge is 0.336 e. The predicted molar refractivity (Wildman–Crippen MR) is 149 cm³/mol. The Morgan fingerprint density at radius 2 is 1.69 bits per heavy atom. The van der Waals surface area contributed by atoms with Crippen LogP contribution in [0.2, 0.25) is 5.02 Å². The van der Waals surface area contributed by atoms with Crippen LogP contribution < -0.4 is 14.2 Å². The fourth-order valence-corrected chi connectivity index (χ4v) is 4.43. The summed E-state index contributed by atoms with van der Waals surface area (Å²) in [5.41, 5.74) is -0.569. The van der Waals surface area contributed by atoms with E-state index in [1.807, 2.05) is 42.9 Å². The lowest BCUT2D eigenvalue weighted by atomic mass is 9.96. The van der Waals surface area contributed by atoms with Crippen molar-refractivity contribution in [3.63, 3.8) is 0 Å². The minimum absolute atomic E-state index is 0.241. The lowest BCUT2D eigenvalue weighted by molar-refractivity contribution is -0.170. The molecule has 0 aliphatic carbocycles. The number of aliphatic hydroxyl groups is 1. The number of hydrogen-bond acceptors (Lipinski definition) is 9. The summed E-state index contributed by atoms with van der Waals surface area (Å²) in [7, 11) is 1.71. The van der Waals surface area contributed by atoms with Crippen LogP contribution in [0.15, 0.2) is 55.1 Å². The molecule has 0 amide bonds. The number of aliphatic carboxylic acids is 3. The molecule has 0 bridgehead atoms. The first-order chi connectivity index (χ1) is 20.0. The van der Waals surface area contributed by atoms with Gasteiger partial charge in [-0.15, -0.1) is 0 Å². The lowest BCUT2D eigenvalue weighted by Gasteiger charge is -2.24. The van der Waals surface area contributed by atoms with Crippen molar-refractivity contribution in [3.8, 4) is 17.2 Å². The van der Waals surface area contributed by atoms with Gasteiger partial charge in [0.25, 0.3) is 0 Å². The van der Waals surface area contributed by atoms with Crippen LogP contribution in [-0.4, -0.2) is 78.8 Å². The third-order valence-corrected chi connectivity index (χ3v) is 6.61. The SMILES string of the molecule is COc1ccccc1CN(CCCn1ccnc1)Cc1cc2c(cc1Cl)OCO2.O=C(O)CC(O)(CC(=O)O)C(=O)O. The molecule has 4 rings (SSSR count). The monoisotopic (exact) mass is 605 g/mol. The van der Waals surface area contributed by atoms with Crippen molar-refractivity contribution in [2.45, 2.75) is 44.5 Å². The highest BCUT2D eigenvalue weighted by Gasteiger charge is 2.40. The summed E-state index contributed by atoms with van der Waals surface area (Å²) in [6.45, 7) is 3.53. The van der Waals surface area contributed by atoms with Crippen LogP contribution in [0.3, 0.4) is 0 Å². The Balaban J connectivity index is 0.000000316. The van der Waals surface area contributed by atoms with Crippen molar-refractivity contribution in [3.05, 3.63) is 71.3 Å². The fraction of sp³-hybridized carbons (Fsp3) is 0.357. The molecule has 0 unspecified atom stereocenters. The second-order valence-corrected chi connectivity index (χ2v) is 9.86. The highest BCUT2D eigenvalue weighted by atomic mass is 35.5. The summed E-state index contributed by atoms with van der Waals surface area (Å²) in [5, 5.41) is 34.5. The second-order valence-electron chi connectivity index (χ2n) is 9.45. The number of hydrogen-bond donors (Lipinski definition) is 4. The maximum absolute atomic E-state index is 10.3. The summed E-state index contributed by atoms with van der Waals surface area (Å²) in [4.78, 5) is 37.0. The van der Waals surface area contributed by atoms with Gasteiger partial charge in [0.2, 0.25) is 6.79 Å². The summed E-state index contributed by atoms with van der Waals surface area (Å²) in [6, 6.07) is 11.9. The number of ether oxygens (including phenoxy) is 3. The highest BCUT2D eigenvalue weighted by molar-refractivity contribution is 6.31. The van der Waals surface area contributed by atoms with E-state index in [0.29, 0.717) is 17.3 Å². The minimum atomic E-state index is -2.74. The first-order valence-corrected chi connectivity index (χ1v) is 13.2. The molecule has 1 aromatic heterocycles. The standard InChI is InChI=1S/C22H24ClN3O3.C6H8O7/c1-27-20-6-3-2-5-17(20)13-26(9-4-8-25-10-7-24-15-25)14-18-11-21-22(12-19(18)23)29-16-28-21;7-3(8)1-6(13,5(11)12)2-4(9)10/h2-3,5-7,10-12,15H,4,8-9,13-14,16H2,1H3;13H,1-2H2,(H,7,8)(H,9,10)(H,11,12). The molecule has 0 atom stereocenters. The first-order valence-electron chi connectivity index (χ1n) is 12.8. The molecule has 0 fully saturated rings. The van der Waals surface area contributed by atoms with Crippen LogP contribution in [0.25, 0.3) is 0 Å². The molecule has 1 aliphatic heterocycles. The van der Waals surface area contributed by atoms with Crippen molar-refractivity contribution >= 4 is 29.5 Å². The van der Waals surface area contributed by atoms with Gasteiger partial charge in [0, 0.05) is 55.2 Å². The Morgan fingerprint density at radius 3 is 2.29 bits per heavy atom. The number of aryl methyl sites for hydroxylation is 1. The van der Waals surface area contributed by atoms with Gasteiger partial charge < -0.3 is 39.2 Å². The van der Waals surface area contributed by atoms with Crippen LogP contribution in [0.5, 0.6) is 17.2 Å². The number of methoxy groups -OCH3 is 1. The number of fused-ring (bicyclic) bond motifs is 1. The van der Waals surface area contributed by atoms with Crippen LogP contribution >= 0.6 is 11.6 Å². The molecule has 0 saturated carbocycles. The van der Waals surface area contributed by atoms with E-state index in [-0.39, 0.29) is 6.79 Å². The Bertz CT molecular complexity index is 1350. The molecule has 3 aromatic rings. The van der Waals surface area contributed by atoms with Crippen molar-refractivity contribution in [1.82, 2.24) is 14.5 Å². The summed E-state index contributed by atoms with van der Waals surface area (Å²) in [5.74, 6) is -2.67.